The van der Waals surface area contributed by atoms with E-state index in [9.17, 15) is 9.18 Å². The highest BCUT2D eigenvalue weighted by molar-refractivity contribution is 5.91. The number of rotatable bonds is 6. The van der Waals surface area contributed by atoms with Gasteiger partial charge in [0.15, 0.2) is 0 Å². The van der Waals surface area contributed by atoms with Crippen LogP contribution in [-0.4, -0.2) is 19.1 Å². The van der Waals surface area contributed by atoms with Gasteiger partial charge in [-0.3, -0.25) is 4.79 Å². The highest BCUT2D eigenvalue weighted by Gasteiger charge is 2.10. The van der Waals surface area contributed by atoms with Crippen LogP contribution in [0.2, 0.25) is 0 Å². The zero-order valence-electron chi connectivity index (χ0n) is 12.3. The number of nitrogen functional groups attached to an aromatic ring is 1. The van der Waals surface area contributed by atoms with E-state index in [0.29, 0.717) is 18.9 Å². The number of anilines is 2. The van der Waals surface area contributed by atoms with Crippen molar-refractivity contribution in [2.45, 2.75) is 33.6 Å². The van der Waals surface area contributed by atoms with Crippen LogP contribution < -0.4 is 11.1 Å². The fraction of sp³-hybridized carbons (Fsp3) is 0.533. The summed E-state index contributed by atoms with van der Waals surface area (Å²) in [6.07, 6.45) is 1.21. The number of amides is 1. The van der Waals surface area contributed by atoms with Gasteiger partial charge in [-0.2, -0.15) is 0 Å². The molecule has 20 heavy (non-hydrogen) atoms. The maximum absolute atomic E-state index is 13.0. The number of hydrogen-bond acceptors (Lipinski definition) is 3. The maximum Gasteiger partial charge on any atom is 0.226 e. The maximum atomic E-state index is 13.0. The van der Waals surface area contributed by atoms with Gasteiger partial charge in [-0.05, 0) is 30.0 Å². The van der Waals surface area contributed by atoms with Gasteiger partial charge in [-0.1, -0.05) is 20.8 Å². The van der Waals surface area contributed by atoms with Gasteiger partial charge in [0.2, 0.25) is 5.91 Å². The summed E-state index contributed by atoms with van der Waals surface area (Å²) < 4.78 is 18.4. The predicted molar refractivity (Wildman–Crippen MR) is 79.0 cm³/mol. The molecule has 1 rings (SSSR count). The smallest absolute Gasteiger partial charge is 0.226 e. The number of carbonyl (C=O) groups excluding carboxylic acids is 1. The molecular weight excluding hydrogens is 259 g/mol. The molecule has 0 bridgehead atoms. The third kappa shape index (κ3) is 6.52. The van der Waals surface area contributed by atoms with E-state index >= 15 is 0 Å². The zero-order chi connectivity index (χ0) is 15.2. The Kier molecular flexibility index (Phi) is 5.95. The highest BCUT2D eigenvalue weighted by Crippen LogP contribution is 2.18. The van der Waals surface area contributed by atoms with Crippen LogP contribution in [-0.2, 0) is 9.53 Å². The van der Waals surface area contributed by atoms with Crippen molar-refractivity contribution in [3.63, 3.8) is 0 Å². The molecule has 3 N–H and O–H groups in total. The van der Waals surface area contributed by atoms with Crippen molar-refractivity contribution in [1.82, 2.24) is 0 Å². The number of ether oxygens (including phenoxy) is 1. The summed E-state index contributed by atoms with van der Waals surface area (Å²) in [5, 5.41) is 2.65. The SMILES string of the molecule is CC(C)(C)CCOCCC(=O)Nc1ccc(F)c(N)c1. The lowest BCUT2D eigenvalue weighted by Gasteiger charge is -2.17. The fourth-order valence-corrected chi connectivity index (χ4v) is 1.49. The zero-order valence-corrected chi connectivity index (χ0v) is 12.3. The molecular formula is C15H23FN2O2. The minimum Gasteiger partial charge on any atom is -0.396 e. The number of benzene rings is 1. The fourth-order valence-electron chi connectivity index (χ4n) is 1.49. The Morgan fingerprint density at radius 1 is 1.35 bits per heavy atom. The first-order valence-corrected chi connectivity index (χ1v) is 6.70. The van der Waals surface area contributed by atoms with Gasteiger partial charge in [-0.25, -0.2) is 4.39 Å². The first-order valence-electron chi connectivity index (χ1n) is 6.70. The Bertz CT molecular complexity index is 456. The van der Waals surface area contributed by atoms with Crippen molar-refractivity contribution in [3.05, 3.63) is 24.0 Å². The van der Waals surface area contributed by atoms with Crippen molar-refractivity contribution in [2.75, 3.05) is 24.3 Å². The summed E-state index contributed by atoms with van der Waals surface area (Å²) in [5.41, 5.74) is 6.16. The van der Waals surface area contributed by atoms with Crippen LogP contribution in [0.1, 0.15) is 33.6 Å². The minimum absolute atomic E-state index is 0.0178. The summed E-state index contributed by atoms with van der Waals surface area (Å²) >= 11 is 0. The Balaban J connectivity index is 2.25. The molecule has 1 aromatic rings. The molecule has 0 aromatic heterocycles. The van der Waals surface area contributed by atoms with Gasteiger partial charge in [-0.15, -0.1) is 0 Å². The molecule has 0 aliphatic carbocycles. The molecule has 0 saturated carbocycles. The van der Waals surface area contributed by atoms with Crippen LogP contribution in [0.15, 0.2) is 18.2 Å². The monoisotopic (exact) mass is 282 g/mol. The Morgan fingerprint density at radius 3 is 2.65 bits per heavy atom. The first-order chi connectivity index (χ1) is 9.28. The number of carbonyl (C=O) groups is 1. The van der Waals surface area contributed by atoms with Crippen LogP contribution in [0.4, 0.5) is 15.8 Å². The minimum atomic E-state index is -0.492. The third-order valence-corrected chi connectivity index (χ3v) is 2.75. The average Bonchev–Trinajstić information content (AvgIpc) is 2.32. The second-order valence-electron chi connectivity index (χ2n) is 5.96. The molecule has 1 amide bonds. The van der Waals surface area contributed by atoms with Crippen molar-refractivity contribution in [1.29, 1.82) is 0 Å². The lowest BCUT2D eigenvalue weighted by atomic mass is 9.93. The Labute approximate surface area is 119 Å². The van der Waals surface area contributed by atoms with E-state index in [2.05, 4.69) is 26.1 Å². The summed E-state index contributed by atoms with van der Waals surface area (Å²) in [4.78, 5) is 11.6. The first kappa shape index (κ1) is 16.4. The van der Waals surface area contributed by atoms with Crippen LogP contribution in [0.5, 0.6) is 0 Å². The topological polar surface area (TPSA) is 64.3 Å². The standard InChI is InChI=1S/C15H23FN2O2/c1-15(2,3)7-9-20-8-6-14(19)18-11-4-5-12(16)13(17)10-11/h4-5,10H,6-9,17H2,1-3H3,(H,18,19). The molecule has 0 unspecified atom stereocenters. The van der Waals surface area contributed by atoms with Gasteiger partial charge in [0, 0.05) is 12.3 Å². The van der Waals surface area contributed by atoms with E-state index in [-0.39, 0.29) is 23.4 Å². The third-order valence-electron chi connectivity index (χ3n) is 2.75. The second-order valence-corrected chi connectivity index (χ2v) is 5.96. The summed E-state index contributed by atoms with van der Waals surface area (Å²) in [6.45, 7) is 7.44. The quantitative estimate of drug-likeness (QED) is 0.622. The average molecular weight is 282 g/mol. The van der Waals surface area contributed by atoms with Gasteiger partial charge in [0.25, 0.3) is 0 Å². The van der Waals surface area contributed by atoms with Crippen LogP contribution in [0, 0.1) is 11.2 Å². The molecule has 5 heteroatoms. The number of hydrogen-bond donors (Lipinski definition) is 2. The summed E-state index contributed by atoms with van der Waals surface area (Å²) in [6, 6.07) is 4.10. The van der Waals surface area contributed by atoms with Crippen molar-refractivity contribution >= 4 is 17.3 Å². The number of nitrogens with two attached hydrogens (primary N) is 1. The normalized spacial score (nSPS) is 11.4. The van der Waals surface area contributed by atoms with Crippen molar-refractivity contribution < 1.29 is 13.9 Å². The number of nitrogens with one attached hydrogen (secondary N) is 1. The molecule has 0 radical (unpaired) electrons. The van der Waals surface area contributed by atoms with E-state index in [1.165, 1.54) is 18.2 Å². The van der Waals surface area contributed by atoms with Gasteiger partial charge in [0.05, 0.1) is 18.7 Å². The van der Waals surface area contributed by atoms with Gasteiger partial charge in [0.1, 0.15) is 5.82 Å². The molecule has 0 spiro atoms. The molecule has 0 saturated heterocycles. The molecule has 1 aromatic carbocycles. The van der Waals surface area contributed by atoms with E-state index < -0.39 is 5.82 Å². The van der Waals surface area contributed by atoms with E-state index in [1.807, 2.05) is 0 Å². The molecule has 0 fully saturated rings. The molecule has 0 aliphatic heterocycles. The molecule has 0 aliphatic rings. The summed E-state index contributed by atoms with van der Waals surface area (Å²) in [5.74, 6) is -0.666. The van der Waals surface area contributed by atoms with Crippen LogP contribution >= 0.6 is 0 Å². The summed E-state index contributed by atoms with van der Waals surface area (Å²) in [7, 11) is 0. The van der Waals surface area contributed by atoms with Crippen molar-refractivity contribution in [3.8, 4) is 0 Å². The molecule has 4 nitrogen and oxygen atoms in total. The number of halogens is 1. The Hall–Kier alpha value is -1.62. The Morgan fingerprint density at radius 2 is 2.05 bits per heavy atom. The van der Waals surface area contributed by atoms with E-state index in [0.717, 1.165) is 6.42 Å². The van der Waals surface area contributed by atoms with Crippen molar-refractivity contribution in [2.24, 2.45) is 5.41 Å². The second kappa shape index (κ2) is 7.24. The highest BCUT2D eigenvalue weighted by atomic mass is 19.1. The largest absolute Gasteiger partial charge is 0.396 e. The molecule has 0 heterocycles. The molecule has 0 atom stereocenters. The van der Waals surface area contributed by atoms with Gasteiger partial charge >= 0.3 is 0 Å². The predicted octanol–water partition coefficient (Wildman–Crippen LogP) is 3.19. The van der Waals surface area contributed by atoms with Crippen LogP contribution in [0.3, 0.4) is 0 Å². The van der Waals surface area contributed by atoms with E-state index in [1.54, 1.807) is 0 Å². The van der Waals surface area contributed by atoms with Crippen LogP contribution in [0.25, 0.3) is 0 Å². The molecule has 112 valence electrons. The lowest BCUT2D eigenvalue weighted by Crippen LogP contribution is -2.16. The van der Waals surface area contributed by atoms with Gasteiger partial charge < -0.3 is 15.8 Å². The van der Waals surface area contributed by atoms with E-state index in [4.69, 9.17) is 10.5 Å². The lowest BCUT2D eigenvalue weighted by molar-refractivity contribution is -0.117.